The lowest BCUT2D eigenvalue weighted by atomic mass is 10.0. The number of alkyl halides is 9. The Hall–Kier alpha value is -1.91. The standard InChI is InChI=1S/C13H7ClF8N2O/c1-6-23-7(8-3-2-4-25-8)5-9(24-6)10(15,16)11(17,18)12(19,20)13(14,21)22/h2-5H,1H3. The summed E-state index contributed by atoms with van der Waals surface area (Å²) >= 11 is 3.90. The van der Waals surface area contributed by atoms with Crippen LogP contribution in [0.15, 0.2) is 28.9 Å². The van der Waals surface area contributed by atoms with Gasteiger partial charge in [-0.3, -0.25) is 0 Å². The summed E-state index contributed by atoms with van der Waals surface area (Å²) in [5.41, 5.74) is -2.32. The number of aromatic nitrogens is 2. The molecule has 25 heavy (non-hydrogen) atoms. The summed E-state index contributed by atoms with van der Waals surface area (Å²) in [6, 6.07) is 2.78. The Labute approximate surface area is 139 Å². The molecule has 0 bridgehead atoms. The number of aryl methyl sites for hydroxylation is 1. The van der Waals surface area contributed by atoms with Gasteiger partial charge in [-0.1, -0.05) is 0 Å². The summed E-state index contributed by atoms with van der Waals surface area (Å²) in [6.07, 6.45) is 1.11. The van der Waals surface area contributed by atoms with Gasteiger partial charge in [0.25, 0.3) is 0 Å². The zero-order valence-corrected chi connectivity index (χ0v) is 12.8. The topological polar surface area (TPSA) is 38.9 Å². The maximum atomic E-state index is 14.0. The van der Waals surface area contributed by atoms with Crippen molar-refractivity contribution in [1.29, 1.82) is 0 Å². The van der Waals surface area contributed by atoms with Crippen molar-refractivity contribution < 1.29 is 39.5 Å². The molecular formula is C13H7ClF8N2O. The number of furan rings is 1. The monoisotopic (exact) mass is 394 g/mol. The van der Waals surface area contributed by atoms with Crippen molar-refractivity contribution in [2.24, 2.45) is 0 Å². The molecule has 0 N–H and O–H groups in total. The van der Waals surface area contributed by atoms with Crippen molar-refractivity contribution in [3.63, 3.8) is 0 Å². The van der Waals surface area contributed by atoms with Gasteiger partial charge in [-0.05, 0) is 36.7 Å². The Morgan fingerprint density at radius 3 is 2.04 bits per heavy atom. The van der Waals surface area contributed by atoms with Crippen LogP contribution in [0, 0.1) is 6.92 Å². The maximum absolute atomic E-state index is 14.0. The van der Waals surface area contributed by atoms with E-state index in [0.717, 1.165) is 13.2 Å². The van der Waals surface area contributed by atoms with E-state index < -0.39 is 40.4 Å². The zero-order valence-electron chi connectivity index (χ0n) is 12.0. The molecule has 0 atom stereocenters. The molecule has 0 aliphatic heterocycles. The summed E-state index contributed by atoms with van der Waals surface area (Å²) in [5, 5.41) is -5.92. The molecule has 0 saturated heterocycles. The van der Waals surface area contributed by atoms with Crippen LogP contribution in [0.3, 0.4) is 0 Å². The Bertz CT molecular complexity index is 758. The molecule has 0 fully saturated rings. The van der Waals surface area contributed by atoms with Gasteiger partial charge >= 0.3 is 23.1 Å². The molecule has 2 aromatic heterocycles. The van der Waals surface area contributed by atoms with Crippen LogP contribution in [0.5, 0.6) is 0 Å². The minimum Gasteiger partial charge on any atom is -0.463 e. The summed E-state index contributed by atoms with van der Waals surface area (Å²) in [5.74, 6) is -19.5. The van der Waals surface area contributed by atoms with Crippen molar-refractivity contribution in [3.8, 4) is 11.5 Å². The predicted octanol–water partition coefficient (Wildman–Crippen LogP) is 5.24. The highest BCUT2D eigenvalue weighted by molar-refractivity contribution is 6.22. The molecule has 0 aromatic carbocycles. The third-order valence-corrected chi connectivity index (χ3v) is 3.32. The lowest BCUT2D eigenvalue weighted by Gasteiger charge is -2.34. The molecule has 2 rings (SSSR count). The first-order valence-electron chi connectivity index (χ1n) is 6.32. The van der Waals surface area contributed by atoms with Crippen LogP contribution < -0.4 is 0 Å². The molecule has 0 spiro atoms. The number of nitrogens with zero attached hydrogens (tertiary/aromatic N) is 2. The second-order valence-corrected chi connectivity index (χ2v) is 5.36. The van der Waals surface area contributed by atoms with E-state index >= 15 is 0 Å². The third-order valence-electron chi connectivity index (χ3n) is 3.08. The molecule has 3 nitrogen and oxygen atoms in total. The highest BCUT2D eigenvalue weighted by Gasteiger charge is 2.81. The largest absolute Gasteiger partial charge is 0.463 e. The van der Waals surface area contributed by atoms with E-state index in [0.29, 0.717) is 0 Å². The van der Waals surface area contributed by atoms with Gasteiger partial charge in [-0.2, -0.15) is 35.1 Å². The van der Waals surface area contributed by atoms with E-state index in [4.69, 9.17) is 4.42 Å². The average Bonchev–Trinajstić information content (AvgIpc) is 2.99. The molecule has 12 heteroatoms. The van der Waals surface area contributed by atoms with E-state index in [1.807, 2.05) is 0 Å². The highest BCUT2D eigenvalue weighted by atomic mass is 35.5. The third kappa shape index (κ3) is 3.05. The Morgan fingerprint density at radius 2 is 1.56 bits per heavy atom. The second kappa shape index (κ2) is 5.82. The van der Waals surface area contributed by atoms with Gasteiger partial charge in [-0.25, -0.2) is 9.97 Å². The molecule has 138 valence electrons. The van der Waals surface area contributed by atoms with Crippen LogP contribution in [0.4, 0.5) is 35.1 Å². The van der Waals surface area contributed by atoms with Gasteiger partial charge in [0.15, 0.2) is 5.76 Å². The molecule has 0 aliphatic rings. The van der Waals surface area contributed by atoms with Crippen LogP contribution in [-0.2, 0) is 5.92 Å². The summed E-state index contributed by atoms with van der Waals surface area (Å²) in [4.78, 5) is 6.61. The molecule has 0 aliphatic carbocycles. The molecule has 0 radical (unpaired) electrons. The van der Waals surface area contributed by atoms with Crippen molar-refractivity contribution in [3.05, 3.63) is 36.0 Å². The fourth-order valence-electron chi connectivity index (χ4n) is 1.82. The minimum absolute atomic E-state index is 0.153. The SMILES string of the molecule is Cc1nc(-c2ccco2)cc(C(F)(F)C(F)(F)C(F)(F)C(F)(F)Cl)n1. The molecule has 0 unspecified atom stereocenters. The minimum atomic E-state index is -6.56. The van der Waals surface area contributed by atoms with E-state index in [-0.39, 0.29) is 11.8 Å². The fourth-order valence-corrected chi connectivity index (χ4v) is 1.93. The summed E-state index contributed by atoms with van der Waals surface area (Å²) in [7, 11) is 0. The molecule has 2 aromatic rings. The van der Waals surface area contributed by atoms with Crippen LogP contribution in [-0.4, -0.2) is 27.2 Å². The molecular weight excluding hydrogens is 388 g/mol. The first kappa shape index (κ1) is 19.4. The van der Waals surface area contributed by atoms with Crippen LogP contribution >= 0.6 is 11.6 Å². The normalized spacial score (nSPS) is 14.0. The van der Waals surface area contributed by atoms with E-state index in [2.05, 4.69) is 21.6 Å². The fraction of sp³-hybridized carbons (Fsp3) is 0.385. The Balaban J connectivity index is 2.60. The van der Waals surface area contributed by atoms with Crippen LogP contribution in [0.25, 0.3) is 11.5 Å². The molecule has 0 saturated carbocycles. The van der Waals surface area contributed by atoms with Crippen molar-refractivity contribution >= 4 is 11.6 Å². The van der Waals surface area contributed by atoms with Crippen molar-refractivity contribution in [2.75, 3.05) is 0 Å². The number of hydrogen-bond donors (Lipinski definition) is 0. The predicted molar refractivity (Wildman–Crippen MR) is 69.1 cm³/mol. The Morgan fingerprint density at radius 1 is 0.960 bits per heavy atom. The maximum Gasteiger partial charge on any atom is 0.393 e. The highest BCUT2D eigenvalue weighted by Crippen LogP contribution is 2.57. The lowest BCUT2D eigenvalue weighted by Crippen LogP contribution is -2.59. The zero-order chi connectivity index (χ0) is 19.3. The van der Waals surface area contributed by atoms with Crippen molar-refractivity contribution in [1.82, 2.24) is 9.97 Å². The quantitative estimate of drug-likeness (QED) is 0.514. The van der Waals surface area contributed by atoms with Crippen LogP contribution in [0.2, 0.25) is 0 Å². The average molecular weight is 395 g/mol. The second-order valence-electron chi connectivity index (χ2n) is 4.88. The number of halogens is 9. The molecule has 0 amide bonds. The van der Waals surface area contributed by atoms with Gasteiger partial charge in [0, 0.05) is 0 Å². The molecule has 2 heterocycles. The smallest absolute Gasteiger partial charge is 0.393 e. The van der Waals surface area contributed by atoms with E-state index in [9.17, 15) is 35.1 Å². The number of rotatable bonds is 5. The van der Waals surface area contributed by atoms with E-state index in [1.165, 1.54) is 12.1 Å². The van der Waals surface area contributed by atoms with Gasteiger partial charge in [0.2, 0.25) is 0 Å². The summed E-state index contributed by atoms with van der Waals surface area (Å²) in [6.45, 7) is 1.01. The van der Waals surface area contributed by atoms with Gasteiger partial charge in [0.1, 0.15) is 17.2 Å². The van der Waals surface area contributed by atoms with Crippen molar-refractivity contribution in [2.45, 2.75) is 30.1 Å². The number of hydrogen-bond acceptors (Lipinski definition) is 3. The first-order valence-corrected chi connectivity index (χ1v) is 6.70. The first-order chi connectivity index (χ1) is 11.2. The Kier molecular flexibility index (Phi) is 4.52. The van der Waals surface area contributed by atoms with E-state index in [1.54, 1.807) is 0 Å². The lowest BCUT2D eigenvalue weighted by molar-refractivity contribution is -0.353. The van der Waals surface area contributed by atoms with Crippen LogP contribution in [0.1, 0.15) is 11.5 Å². The van der Waals surface area contributed by atoms with Gasteiger partial charge in [-0.15, -0.1) is 0 Å². The summed E-state index contributed by atoms with van der Waals surface area (Å²) < 4.78 is 112. The van der Waals surface area contributed by atoms with Gasteiger partial charge < -0.3 is 4.42 Å². The van der Waals surface area contributed by atoms with Gasteiger partial charge in [0.05, 0.1) is 6.26 Å².